The zero-order valence-corrected chi connectivity index (χ0v) is 16.6. The molecule has 1 aromatic heterocycles. The summed E-state index contributed by atoms with van der Waals surface area (Å²) in [7, 11) is 1.69. The number of primary amides is 1. The molecule has 2 aliphatic rings. The predicted molar refractivity (Wildman–Crippen MR) is 104 cm³/mol. The summed E-state index contributed by atoms with van der Waals surface area (Å²) in [5.41, 5.74) is 6.84. The molecule has 0 saturated carbocycles. The van der Waals surface area contributed by atoms with Crippen LogP contribution < -0.4 is 11.3 Å². The van der Waals surface area contributed by atoms with Gasteiger partial charge < -0.3 is 15.2 Å². The Kier molecular flexibility index (Phi) is 5.42. The van der Waals surface area contributed by atoms with Crippen molar-refractivity contribution in [3.8, 4) is 0 Å². The number of aromatic nitrogens is 1. The van der Waals surface area contributed by atoms with Crippen LogP contribution in [-0.4, -0.2) is 57.9 Å². The minimum absolute atomic E-state index is 0.199. The fourth-order valence-corrected chi connectivity index (χ4v) is 4.42. The number of amides is 2. The number of aryl methyl sites for hydroxylation is 1. The Morgan fingerprint density at radius 2 is 1.63 bits per heavy atom. The smallest absolute Gasteiger partial charge is 0.263 e. The fourth-order valence-electron chi connectivity index (χ4n) is 4.42. The zero-order valence-electron chi connectivity index (χ0n) is 16.6. The van der Waals surface area contributed by atoms with E-state index in [1.165, 1.54) is 11.0 Å². The lowest BCUT2D eigenvalue weighted by Gasteiger charge is -2.48. The topological polar surface area (TPSA) is 88.6 Å². The highest BCUT2D eigenvalue weighted by molar-refractivity contribution is 5.94. The van der Waals surface area contributed by atoms with Crippen molar-refractivity contribution in [2.75, 3.05) is 26.2 Å². The molecule has 3 rings (SSSR count). The Morgan fingerprint density at radius 1 is 1.04 bits per heavy atom. The van der Waals surface area contributed by atoms with Gasteiger partial charge in [0.05, 0.1) is 0 Å². The van der Waals surface area contributed by atoms with Gasteiger partial charge in [-0.1, -0.05) is 6.42 Å². The minimum atomic E-state index is -0.661. The molecule has 2 aliphatic heterocycles. The molecule has 0 aromatic carbocycles. The number of carbonyl (C=O) groups is 2. The van der Waals surface area contributed by atoms with Crippen molar-refractivity contribution in [1.82, 2.24) is 14.4 Å². The van der Waals surface area contributed by atoms with E-state index in [0.717, 1.165) is 37.2 Å². The van der Waals surface area contributed by atoms with Crippen molar-refractivity contribution in [2.24, 2.45) is 12.8 Å². The quantitative estimate of drug-likeness (QED) is 0.853. The van der Waals surface area contributed by atoms with Crippen LogP contribution >= 0.6 is 0 Å². The first-order chi connectivity index (χ1) is 12.8. The summed E-state index contributed by atoms with van der Waals surface area (Å²) >= 11 is 0. The molecule has 0 bridgehead atoms. The van der Waals surface area contributed by atoms with E-state index in [9.17, 15) is 14.4 Å². The summed E-state index contributed by atoms with van der Waals surface area (Å²) in [4.78, 5) is 41.8. The van der Waals surface area contributed by atoms with Gasteiger partial charge in [0, 0.05) is 25.8 Å². The van der Waals surface area contributed by atoms with Gasteiger partial charge in [0.1, 0.15) is 11.1 Å². The molecule has 0 unspecified atom stereocenters. The molecule has 2 fully saturated rings. The van der Waals surface area contributed by atoms with E-state index in [2.05, 4.69) is 4.90 Å². The number of hydrogen-bond donors (Lipinski definition) is 1. The van der Waals surface area contributed by atoms with E-state index in [0.29, 0.717) is 25.9 Å². The minimum Gasteiger partial charge on any atom is -0.368 e. The van der Waals surface area contributed by atoms with E-state index in [4.69, 9.17) is 5.73 Å². The summed E-state index contributed by atoms with van der Waals surface area (Å²) in [5, 5.41) is 0. The van der Waals surface area contributed by atoms with Crippen LogP contribution in [-0.2, 0) is 11.8 Å². The Morgan fingerprint density at radius 3 is 2.19 bits per heavy atom. The van der Waals surface area contributed by atoms with E-state index >= 15 is 0 Å². The first kappa shape index (κ1) is 19.6. The number of hydrogen-bond acceptors (Lipinski definition) is 4. The summed E-state index contributed by atoms with van der Waals surface area (Å²) in [5.74, 6) is -0.547. The number of pyridine rings is 1. The standard InChI is InChI=1S/C20H30N4O3/c1-14-13-16(17(25)22(3)15(14)2)18(26)23-11-7-20(8-12-23,19(21)27)24-9-5-4-6-10-24/h13H,4-12H2,1-3H3,(H2,21,27). The molecule has 3 heterocycles. The van der Waals surface area contributed by atoms with E-state index in [-0.39, 0.29) is 22.9 Å². The van der Waals surface area contributed by atoms with Gasteiger partial charge in [-0.15, -0.1) is 0 Å². The van der Waals surface area contributed by atoms with Crippen LogP contribution in [0, 0.1) is 13.8 Å². The third kappa shape index (κ3) is 3.40. The average molecular weight is 374 g/mol. The number of nitrogens with two attached hydrogens (primary N) is 1. The summed E-state index contributed by atoms with van der Waals surface area (Å²) < 4.78 is 1.52. The van der Waals surface area contributed by atoms with Gasteiger partial charge in [0.2, 0.25) is 5.91 Å². The maximum atomic E-state index is 13.0. The van der Waals surface area contributed by atoms with Gasteiger partial charge in [-0.2, -0.15) is 0 Å². The first-order valence-electron chi connectivity index (χ1n) is 9.79. The number of likely N-dealkylation sites (tertiary alicyclic amines) is 2. The SMILES string of the molecule is Cc1cc(C(=O)N2CCC(C(N)=O)(N3CCCCC3)CC2)c(=O)n(C)c1C. The van der Waals surface area contributed by atoms with Gasteiger partial charge in [-0.05, 0) is 64.3 Å². The lowest BCUT2D eigenvalue weighted by atomic mass is 9.83. The zero-order chi connectivity index (χ0) is 19.8. The monoisotopic (exact) mass is 374 g/mol. The Bertz CT molecular complexity index is 800. The van der Waals surface area contributed by atoms with Crippen molar-refractivity contribution in [3.63, 3.8) is 0 Å². The second-order valence-corrected chi connectivity index (χ2v) is 7.93. The van der Waals surface area contributed by atoms with Gasteiger partial charge >= 0.3 is 0 Å². The summed E-state index contributed by atoms with van der Waals surface area (Å²) in [6, 6.07) is 1.68. The highest BCUT2D eigenvalue weighted by Crippen LogP contribution is 2.32. The normalized spacial score (nSPS) is 20.5. The van der Waals surface area contributed by atoms with Gasteiger partial charge in [0.25, 0.3) is 11.5 Å². The lowest BCUT2D eigenvalue weighted by molar-refractivity contribution is -0.134. The van der Waals surface area contributed by atoms with Crippen LogP contribution in [0.1, 0.15) is 53.7 Å². The molecular weight excluding hydrogens is 344 g/mol. The molecule has 148 valence electrons. The largest absolute Gasteiger partial charge is 0.368 e. The fraction of sp³-hybridized carbons (Fsp3) is 0.650. The van der Waals surface area contributed by atoms with Gasteiger partial charge in [0.15, 0.2) is 0 Å². The van der Waals surface area contributed by atoms with Gasteiger partial charge in [-0.3, -0.25) is 19.3 Å². The molecule has 0 atom stereocenters. The second kappa shape index (κ2) is 7.46. The number of nitrogens with zero attached hydrogens (tertiary/aromatic N) is 3. The molecule has 7 nitrogen and oxygen atoms in total. The average Bonchev–Trinajstić information content (AvgIpc) is 2.69. The van der Waals surface area contributed by atoms with E-state index in [1.54, 1.807) is 18.0 Å². The van der Waals surface area contributed by atoms with Crippen molar-refractivity contribution in [2.45, 2.75) is 51.5 Å². The van der Waals surface area contributed by atoms with Crippen molar-refractivity contribution in [3.05, 3.63) is 33.2 Å². The predicted octanol–water partition coefficient (Wildman–Crippen LogP) is 0.948. The van der Waals surface area contributed by atoms with Crippen LogP contribution in [0.3, 0.4) is 0 Å². The summed E-state index contributed by atoms with van der Waals surface area (Å²) in [6.07, 6.45) is 4.40. The Labute approximate surface area is 160 Å². The molecule has 7 heteroatoms. The molecule has 0 aliphatic carbocycles. The van der Waals surface area contributed by atoms with E-state index < -0.39 is 5.54 Å². The molecule has 27 heavy (non-hydrogen) atoms. The third-order valence-electron chi connectivity index (χ3n) is 6.50. The summed E-state index contributed by atoms with van der Waals surface area (Å²) in [6.45, 7) is 6.41. The second-order valence-electron chi connectivity index (χ2n) is 7.93. The number of piperidine rings is 2. The van der Waals surface area contributed by atoms with Crippen LogP contribution in [0.4, 0.5) is 0 Å². The highest BCUT2D eigenvalue weighted by Gasteiger charge is 2.46. The van der Waals surface area contributed by atoms with Crippen LogP contribution in [0.25, 0.3) is 0 Å². The molecule has 2 N–H and O–H groups in total. The van der Waals surface area contributed by atoms with Crippen molar-refractivity contribution in [1.29, 1.82) is 0 Å². The van der Waals surface area contributed by atoms with Crippen LogP contribution in [0.5, 0.6) is 0 Å². The lowest BCUT2D eigenvalue weighted by Crippen LogP contribution is -2.63. The maximum absolute atomic E-state index is 13.0. The number of carbonyl (C=O) groups excluding carboxylic acids is 2. The Balaban J connectivity index is 1.79. The molecule has 0 spiro atoms. The third-order valence-corrected chi connectivity index (χ3v) is 6.50. The Hall–Kier alpha value is -2.15. The van der Waals surface area contributed by atoms with E-state index in [1.807, 2.05) is 13.8 Å². The van der Waals surface area contributed by atoms with Crippen molar-refractivity contribution < 1.29 is 9.59 Å². The molecule has 2 amide bonds. The maximum Gasteiger partial charge on any atom is 0.263 e. The van der Waals surface area contributed by atoms with Crippen LogP contribution in [0.15, 0.2) is 10.9 Å². The molecule has 1 aromatic rings. The van der Waals surface area contributed by atoms with Gasteiger partial charge in [-0.25, -0.2) is 0 Å². The molecule has 0 radical (unpaired) electrons. The van der Waals surface area contributed by atoms with Crippen LogP contribution in [0.2, 0.25) is 0 Å². The number of rotatable bonds is 3. The molecular formula is C20H30N4O3. The first-order valence-corrected chi connectivity index (χ1v) is 9.79. The van der Waals surface area contributed by atoms with Crippen molar-refractivity contribution >= 4 is 11.8 Å². The molecule has 2 saturated heterocycles. The highest BCUT2D eigenvalue weighted by atomic mass is 16.2.